The van der Waals surface area contributed by atoms with Crippen LogP contribution in [0.25, 0.3) is 5.76 Å². The standard InChI is InChI=1S/C40H59NO5/c1-3-4-5-6-7-8-9-10-11-12-13-14-18-25-45-31-39(43)46-40-35(27-34-28-38(44-2)37(42)29-36(34)40)26-32-21-23-41(24-22-32)30-33-19-16-15-17-20-33/h15-17,19-20,28-29,32,42H,3-14,18,21-27,30-31H2,1-2H3. The fourth-order valence-electron chi connectivity index (χ4n) is 6.98. The van der Waals surface area contributed by atoms with Crippen molar-refractivity contribution in [3.05, 3.63) is 64.7 Å². The highest BCUT2D eigenvalue weighted by Crippen LogP contribution is 2.43. The monoisotopic (exact) mass is 633 g/mol. The fourth-order valence-corrected chi connectivity index (χ4v) is 6.98. The van der Waals surface area contributed by atoms with Crippen LogP contribution in [0.5, 0.6) is 11.5 Å². The van der Waals surface area contributed by atoms with Crippen LogP contribution in [0.1, 0.15) is 126 Å². The number of nitrogens with zero attached hydrogens (tertiary/aromatic N) is 1. The van der Waals surface area contributed by atoms with Crippen molar-refractivity contribution in [3.63, 3.8) is 0 Å². The van der Waals surface area contributed by atoms with Crippen molar-refractivity contribution >= 4 is 11.7 Å². The Morgan fingerprint density at radius 2 is 1.50 bits per heavy atom. The molecular formula is C40H59NO5. The molecule has 2 aromatic carbocycles. The molecule has 6 heteroatoms. The van der Waals surface area contributed by atoms with E-state index < -0.39 is 0 Å². The lowest BCUT2D eigenvalue weighted by atomic mass is 9.89. The van der Waals surface area contributed by atoms with E-state index in [4.69, 9.17) is 14.2 Å². The molecule has 1 heterocycles. The fraction of sp³-hybridized carbons (Fsp3) is 0.625. The van der Waals surface area contributed by atoms with Crippen LogP contribution in [0.2, 0.25) is 0 Å². The van der Waals surface area contributed by atoms with Gasteiger partial charge in [0, 0.05) is 18.7 Å². The van der Waals surface area contributed by atoms with Crippen LogP contribution in [-0.4, -0.2) is 49.4 Å². The number of carbonyl (C=O) groups is 1. The molecule has 1 saturated heterocycles. The summed E-state index contributed by atoms with van der Waals surface area (Å²) in [6.45, 7) is 5.92. The van der Waals surface area contributed by atoms with Gasteiger partial charge >= 0.3 is 5.97 Å². The molecule has 0 saturated carbocycles. The zero-order valence-electron chi connectivity index (χ0n) is 28.7. The van der Waals surface area contributed by atoms with Gasteiger partial charge in [0.15, 0.2) is 11.5 Å². The van der Waals surface area contributed by atoms with Crippen molar-refractivity contribution in [1.82, 2.24) is 4.90 Å². The van der Waals surface area contributed by atoms with Crippen molar-refractivity contribution < 1.29 is 24.1 Å². The summed E-state index contributed by atoms with van der Waals surface area (Å²) in [6.07, 6.45) is 20.8. The summed E-state index contributed by atoms with van der Waals surface area (Å²) in [5.74, 6) is 1.27. The molecule has 6 nitrogen and oxygen atoms in total. The van der Waals surface area contributed by atoms with Crippen molar-refractivity contribution in [2.75, 3.05) is 33.4 Å². The molecule has 1 aliphatic heterocycles. The van der Waals surface area contributed by atoms with Crippen LogP contribution in [0.15, 0.2) is 48.0 Å². The largest absolute Gasteiger partial charge is 0.504 e. The van der Waals surface area contributed by atoms with Gasteiger partial charge in [0.2, 0.25) is 0 Å². The molecule has 2 aromatic rings. The smallest absolute Gasteiger partial charge is 0.337 e. The number of fused-ring (bicyclic) bond motifs is 1. The third-order valence-corrected chi connectivity index (χ3v) is 9.69. The Labute approximate surface area is 278 Å². The maximum Gasteiger partial charge on any atom is 0.337 e. The molecule has 0 atom stereocenters. The molecule has 0 spiro atoms. The molecule has 1 aliphatic carbocycles. The van der Waals surface area contributed by atoms with E-state index >= 15 is 0 Å². The number of allylic oxidation sites excluding steroid dienone is 1. The first-order valence-corrected chi connectivity index (χ1v) is 18.2. The summed E-state index contributed by atoms with van der Waals surface area (Å²) in [7, 11) is 1.56. The van der Waals surface area contributed by atoms with Gasteiger partial charge in [-0.25, -0.2) is 4.79 Å². The number of phenols is 1. The highest BCUT2D eigenvalue weighted by molar-refractivity contribution is 5.83. The topological polar surface area (TPSA) is 68.2 Å². The van der Waals surface area contributed by atoms with Gasteiger partial charge in [0.25, 0.3) is 0 Å². The first-order chi connectivity index (χ1) is 22.6. The Bertz CT molecular complexity index is 1200. The number of hydrogen-bond donors (Lipinski definition) is 1. The quantitative estimate of drug-likeness (QED) is 0.103. The van der Waals surface area contributed by atoms with Gasteiger partial charge in [0.05, 0.1) is 7.11 Å². The van der Waals surface area contributed by atoms with Gasteiger partial charge < -0.3 is 19.3 Å². The SMILES string of the molecule is CCCCCCCCCCCCCCCOCC(=O)OC1=C(CC2CCN(Cc3ccccc3)CC2)Cc2cc(OC)c(O)cc21. The normalized spacial score (nSPS) is 15.3. The zero-order valence-corrected chi connectivity index (χ0v) is 28.7. The Hall–Kier alpha value is -2.83. The summed E-state index contributed by atoms with van der Waals surface area (Å²) in [5.41, 5.74) is 4.31. The van der Waals surface area contributed by atoms with E-state index in [1.165, 1.54) is 76.2 Å². The average molecular weight is 634 g/mol. The Morgan fingerprint density at radius 3 is 2.13 bits per heavy atom. The van der Waals surface area contributed by atoms with Gasteiger partial charge in [-0.15, -0.1) is 0 Å². The van der Waals surface area contributed by atoms with Gasteiger partial charge in [-0.05, 0) is 79.9 Å². The lowest BCUT2D eigenvalue weighted by Gasteiger charge is -2.32. The summed E-state index contributed by atoms with van der Waals surface area (Å²) in [6, 6.07) is 14.2. The number of aromatic hydroxyl groups is 1. The van der Waals surface area contributed by atoms with Crippen molar-refractivity contribution in [3.8, 4) is 11.5 Å². The highest BCUT2D eigenvalue weighted by atomic mass is 16.6. The molecule has 0 amide bonds. The number of hydrogen-bond acceptors (Lipinski definition) is 6. The number of rotatable bonds is 22. The molecule has 1 N–H and O–H groups in total. The van der Waals surface area contributed by atoms with E-state index in [0.717, 1.165) is 68.4 Å². The lowest BCUT2D eigenvalue weighted by molar-refractivity contribution is -0.141. The van der Waals surface area contributed by atoms with Crippen LogP contribution < -0.4 is 4.74 Å². The highest BCUT2D eigenvalue weighted by Gasteiger charge is 2.30. The summed E-state index contributed by atoms with van der Waals surface area (Å²) in [5, 5.41) is 10.5. The Kier molecular flexibility index (Phi) is 16.0. The van der Waals surface area contributed by atoms with E-state index in [2.05, 4.69) is 42.2 Å². The van der Waals surface area contributed by atoms with Crippen molar-refractivity contribution in [1.29, 1.82) is 0 Å². The Morgan fingerprint density at radius 1 is 0.870 bits per heavy atom. The number of piperidine rings is 1. The number of phenolic OH excluding ortho intramolecular Hbond substituents is 1. The van der Waals surface area contributed by atoms with Gasteiger partial charge in [0.1, 0.15) is 12.4 Å². The number of ether oxygens (including phenoxy) is 3. The average Bonchev–Trinajstić information content (AvgIpc) is 3.38. The predicted molar refractivity (Wildman–Crippen MR) is 187 cm³/mol. The maximum absolute atomic E-state index is 12.9. The number of likely N-dealkylation sites (tertiary alicyclic amines) is 1. The minimum Gasteiger partial charge on any atom is -0.504 e. The molecule has 0 aromatic heterocycles. The van der Waals surface area contributed by atoms with Crippen molar-refractivity contribution in [2.24, 2.45) is 5.92 Å². The summed E-state index contributed by atoms with van der Waals surface area (Å²) >= 11 is 0. The van der Waals surface area contributed by atoms with Gasteiger partial charge in [-0.1, -0.05) is 114 Å². The summed E-state index contributed by atoms with van der Waals surface area (Å²) in [4.78, 5) is 15.5. The van der Waals surface area contributed by atoms with E-state index in [1.54, 1.807) is 13.2 Å². The van der Waals surface area contributed by atoms with Crippen LogP contribution in [0, 0.1) is 5.92 Å². The second-order valence-corrected chi connectivity index (χ2v) is 13.5. The number of carbonyl (C=O) groups excluding carboxylic acids is 1. The number of esters is 1. The minimum absolute atomic E-state index is 0.0512. The number of unbranched alkanes of at least 4 members (excludes halogenated alkanes) is 12. The molecule has 254 valence electrons. The molecule has 46 heavy (non-hydrogen) atoms. The van der Waals surface area contributed by atoms with Crippen molar-refractivity contribution in [2.45, 2.75) is 123 Å². The van der Waals surface area contributed by atoms with Gasteiger partial charge in [-0.3, -0.25) is 4.90 Å². The molecule has 0 bridgehead atoms. The molecular weight excluding hydrogens is 574 g/mol. The van der Waals surface area contributed by atoms with E-state index in [-0.39, 0.29) is 18.3 Å². The van der Waals surface area contributed by atoms with Crippen LogP contribution in [-0.2, 0) is 27.2 Å². The van der Waals surface area contributed by atoms with Crippen LogP contribution in [0.3, 0.4) is 0 Å². The molecule has 0 radical (unpaired) electrons. The van der Waals surface area contributed by atoms with Crippen LogP contribution >= 0.6 is 0 Å². The molecule has 1 fully saturated rings. The molecule has 4 rings (SSSR count). The third-order valence-electron chi connectivity index (χ3n) is 9.69. The van der Waals surface area contributed by atoms with E-state index in [9.17, 15) is 9.90 Å². The second-order valence-electron chi connectivity index (χ2n) is 13.5. The Balaban J connectivity index is 1.17. The van der Waals surface area contributed by atoms with E-state index in [1.807, 2.05) is 6.07 Å². The van der Waals surface area contributed by atoms with Crippen LogP contribution in [0.4, 0.5) is 0 Å². The zero-order chi connectivity index (χ0) is 32.4. The summed E-state index contributed by atoms with van der Waals surface area (Å²) < 4.78 is 17.1. The molecule has 2 aliphatic rings. The van der Waals surface area contributed by atoms with E-state index in [0.29, 0.717) is 30.5 Å². The third kappa shape index (κ3) is 12.1. The number of benzene rings is 2. The second kappa shape index (κ2) is 20.4. The molecule has 0 unspecified atom stereocenters. The number of methoxy groups -OCH3 is 1. The maximum atomic E-state index is 12.9. The van der Waals surface area contributed by atoms with Gasteiger partial charge in [-0.2, -0.15) is 0 Å². The first-order valence-electron chi connectivity index (χ1n) is 18.2. The minimum atomic E-state index is -0.372. The predicted octanol–water partition coefficient (Wildman–Crippen LogP) is 9.62. The first kappa shape index (κ1) is 36.0. The lowest BCUT2D eigenvalue weighted by Crippen LogP contribution is -2.33.